The molecule has 0 bridgehead atoms. The van der Waals surface area contributed by atoms with Gasteiger partial charge in [0.1, 0.15) is 0 Å². The highest BCUT2D eigenvalue weighted by Gasteiger charge is 2.21. The lowest BCUT2D eigenvalue weighted by atomic mass is 9.93. The molecule has 0 fully saturated rings. The molecule has 2 aromatic rings. The van der Waals surface area contributed by atoms with E-state index in [9.17, 15) is 8.76 Å². The van der Waals surface area contributed by atoms with Crippen molar-refractivity contribution in [2.45, 2.75) is 31.4 Å². The predicted octanol–water partition coefficient (Wildman–Crippen LogP) is 0.234. The molecular weight excluding hydrogens is 254 g/mol. The number of aromatic nitrogens is 4. The first-order chi connectivity index (χ1) is 8.32. The molecule has 0 spiro atoms. The first-order valence-corrected chi connectivity index (χ1v) is 6.71. The summed E-state index contributed by atoms with van der Waals surface area (Å²) in [5.41, 5.74) is 6.94. The molecule has 0 aliphatic carbocycles. The molecule has 2 atom stereocenters. The summed E-state index contributed by atoms with van der Waals surface area (Å²) in [5, 5.41) is 6.33. The number of nitrogens with one attached hydrogen (secondary N) is 1. The van der Waals surface area contributed by atoms with Crippen LogP contribution in [0.25, 0.3) is 5.65 Å². The molecule has 3 N–H and O–H groups in total. The summed E-state index contributed by atoms with van der Waals surface area (Å²) in [7, 11) is 0. The molecular formula is C10H16N5O2S-. The summed E-state index contributed by atoms with van der Waals surface area (Å²) in [4.78, 5) is 4.19. The van der Waals surface area contributed by atoms with E-state index in [4.69, 9.17) is 5.73 Å². The van der Waals surface area contributed by atoms with Gasteiger partial charge in [0.05, 0.1) is 5.25 Å². The van der Waals surface area contributed by atoms with Gasteiger partial charge in [0.25, 0.3) is 0 Å². The number of H-pyrrole nitrogens is 1. The molecule has 18 heavy (non-hydrogen) atoms. The zero-order valence-electron chi connectivity index (χ0n) is 10.5. The van der Waals surface area contributed by atoms with Gasteiger partial charge in [-0.15, -0.1) is 5.10 Å². The molecule has 0 aromatic carbocycles. The lowest BCUT2D eigenvalue weighted by Gasteiger charge is -2.15. The van der Waals surface area contributed by atoms with Crippen LogP contribution in [0.1, 0.15) is 37.5 Å². The Kier molecular flexibility index (Phi) is 3.26. The highest BCUT2D eigenvalue weighted by molar-refractivity contribution is 7.79. The van der Waals surface area contributed by atoms with E-state index in [0.29, 0.717) is 5.65 Å². The molecule has 0 radical (unpaired) electrons. The van der Waals surface area contributed by atoms with Crippen molar-refractivity contribution in [1.82, 2.24) is 19.8 Å². The summed E-state index contributed by atoms with van der Waals surface area (Å²) >= 11 is -2.31. The van der Waals surface area contributed by atoms with E-state index >= 15 is 0 Å². The van der Waals surface area contributed by atoms with Gasteiger partial charge >= 0.3 is 0 Å². The van der Waals surface area contributed by atoms with Crippen molar-refractivity contribution in [3.05, 3.63) is 17.6 Å². The standard InChI is InChI=1S/C10H17N5O2S/c1-10(2,3)7-4-8-12-9(14-15(8)13-7)6(5-11)18(16)17/h4,6,13H,5,11H2,1-3H3,(H,16,17)/p-1. The third-order valence-electron chi connectivity index (χ3n) is 2.69. The van der Waals surface area contributed by atoms with Crippen molar-refractivity contribution in [2.24, 2.45) is 5.73 Å². The van der Waals surface area contributed by atoms with Gasteiger partial charge in [0.15, 0.2) is 11.5 Å². The fourth-order valence-electron chi connectivity index (χ4n) is 1.58. The Morgan fingerprint density at radius 2 is 2.28 bits per heavy atom. The Morgan fingerprint density at radius 3 is 2.72 bits per heavy atom. The third-order valence-corrected chi connectivity index (χ3v) is 3.56. The van der Waals surface area contributed by atoms with Crippen LogP contribution in [-0.4, -0.2) is 35.1 Å². The monoisotopic (exact) mass is 270 g/mol. The van der Waals surface area contributed by atoms with E-state index in [2.05, 4.69) is 36.0 Å². The fourth-order valence-corrected chi connectivity index (χ4v) is 2.01. The molecule has 0 aliphatic rings. The lowest BCUT2D eigenvalue weighted by molar-refractivity contribution is 0.519. The van der Waals surface area contributed by atoms with Crippen LogP contribution in [0.4, 0.5) is 0 Å². The van der Waals surface area contributed by atoms with Gasteiger partial charge in [-0.1, -0.05) is 20.8 Å². The molecule has 7 nitrogen and oxygen atoms in total. The van der Waals surface area contributed by atoms with Gasteiger partial charge in [-0.25, -0.2) is 4.98 Å². The largest absolute Gasteiger partial charge is 0.772 e. The topological polar surface area (TPSA) is 112 Å². The summed E-state index contributed by atoms with van der Waals surface area (Å²) in [5.74, 6) is 0.220. The SMILES string of the molecule is CC(C)(C)c1cc2nc(C(CN)S(=O)[O-])nn2[nH]1. The average Bonchev–Trinajstić information content (AvgIpc) is 2.74. The van der Waals surface area contributed by atoms with Crippen LogP contribution in [0, 0.1) is 0 Å². The van der Waals surface area contributed by atoms with Gasteiger partial charge in [0, 0.05) is 23.7 Å². The molecule has 0 aliphatic heterocycles. The number of nitrogens with two attached hydrogens (primary N) is 1. The second-order valence-corrected chi connectivity index (χ2v) is 6.23. The number of nitrogens with zero attached hydrogens (tertiary/aromatic N) is 3. The van der Waals surface area contributed by atoms with Gasteiger partial charge in [-0.05, 0) is 11.1 Å². The van der Waals surface area contributed by atoms with Crippen molar-refractivity contribution in [1.29, 1.82) is 0 Å². The van der Waals surface area contributed by atoms with Crippen molar-refractivity contribution >= 4 is 16.7 Å². The summed E-state index contributed by atoms with van der Waals surface area (Å²) in [6.45, 7) is 6.16. The zero-order chi connectivity index (χ0) is 13.5. The van der Waals surface area contributed by atoms with E-state index in [1.165, 1.54) is 4.63 Å². The minimum Gasteiger partial charge on any atom is -0.772 e. The van der Waals surface area contributed by atoms with Crippen molar-refractivity contribution in [2.75, 3.05) is 6.54 Å². The fraction of sp³-hybridized carbons (Fsp3) is 0.600. The quantitative estimate of drug-likeness (QED) is 0.775. The molecule has 2 aromatic heterocycles. The van der Waals surface area contributed by atoms with Gasteiger partial charge in [-0.2, -0.15) is 4.63 Å². The number of hydrogen-bond donors (Lipinski definition) is 2. The molecule has 0 saturated heterocycles. The van der Waals surface area contributed by atoms with E-state index in [0.717, 1.165) is 5.69 Å². The van der Waals surface area contributed by atoms with Crippen LogP contribution in [0.15, 0.2) is 6.07 Å². The Bertz CT molecular complexity index is 551. The van der Waals surface area contributed by atoms with Crippen LogP contribution in [-0.2, 0) is 16.5 Å². The number of fused-ring (bicyclic) bond motifs is 1. The maximum absolute atomic E-state index is 11.0. The molecule has 2 rings (SSSR count). The second-order valence-electron chi connectivity index (χ2n) is 5.14. The summed E-state index contributed by atoms with van der Waals surface area (Å²) < 4.78 is 23.4. The minimum absolute atomic E-state index is 0.0323. The Morgan fingerprint density at radius 1 is 1.61 bits per heavy atom. The molecule has 2 heterocycles. The minimum atomic E-state index is -2.31. The smallest absolute Gasteiger partial charge is 0.175 e. The van der Waals surface area contributed by atoms with Gasteiger partial charge in [0.2, 0.25) is 0 Å². The van der Waals surface area contributed by atoms with E-state index in [1.807, 2.05) is 6.07 Å². The number of hydrogen-bond acceptors (Lipinski definition) is 5. The summed E-state index contributed by atoms with van der Waals surface area (Å²) in [6.07, 6.45) is 0. The molecule has 2 unspecified atom stereocenters. The van der Waals surface area contributed by atoms with Crippen LogP contribution in [0.3, 0.4) is 0 Å². The van der Waals surface area contributed by atoms with Crippen LogP contribution in [0.2, 0.25) is 0 Å². The first-order valence-electron chi connectivity index (χ1n) is 5.57. The van der Waals surface area contributed by atoms with E-state index in [-0.39, 0.29) is 17.8 Å². The zero-order valence-corrected chi connectivity index (χ0v) is 11.3. The van der Waals surface area contributed by atoms with Gasteiger partial charge in [-0.3, -0.25) is 9.31 Å². The van der Waals surface area contributed by atoms with Crippen LogP contribution >= 0.6 is 0 Å². The maximum Gasteiger partial charge on any atom is 0.175 e. The number of aromatic amines is 1. The molecule has 0 amide bonds. The molecule has 8 heteroatoms. The normalized spacial score (nSPS) is 16.1. The van der Waals surface area contributed by atoms with Crippen LogP contribution in [0.5, 0.6) is 0 Å². The van der Waals surface area contributed by atoms with Crippen molar-refractivity contribution in [3.63, 3.8) is 0 Å². The van der Waals surface area contributed by atoms with Crippen molar-refractivity contribution in [3.8, 4) is 0 Å². The highest BCUT2D eigenvalue weighted by atomic mass is 32.2. The Labute approximate surface area is 107 Å². The maximum atomic E-state index is 11.0. The van der Waals surface area contributed by atoms with E-state index < -0.39 is 16.3 Å². The second kappa shape index (κ2) is 4.45. The van der Waals surface area contributed by atoms with Gasteiger partial charge < -0.3 is 10.3 Å². The number of rotatable bonds is 3. The molecule has 0 saturated carbocycles. The van der Waals surface area contributed by atoms with Crippen molar-refractivity contribution < 1.29 is 8.76 Å². The first kappa shape index (κ1) is 13.2. The highest BCUT2D eigenvalue weighted by Crippen LogP contribution is 2.22. The van der Waals surface area contributed by atoms with Crippen LogP contribution < -0.4 is 5.73 Å². The predicted molar refractivity (Wildman–Crippen MR) is 66.8 cm³/mol. The van der Waals surface area contributed by atoms with E-state index in [1.54, 1.807) is 0 Å². The third kappa shape index (κ3) is 2.31. The molecule has 100 valence electrons. The Balaban J connectivity index is 2.41. The summed E-state index contributed by atoms with van der Waals surface area (Å²) in [6, 6.07) is 1.86. The Hall–Kier alpha value is -1.25. The lowest BCUT2D eigenvalue weighted by Crippen LogP contribution is -2.19. The average molecular weight is 270 g/mol.